The van der Waals surface area contributed by atoms with Crippen LogP contribution in [0.3, 0.4) is 0 Å². The van der Waals surface area contributed by atoms with E-state index in [-0.39, 0.29) is 30.6 Å². The number of hydrogen-bond acceptors (Lipinski definition) is 4. The average molecular weight is 319 g/mol. The molecule has 7 heteroatoms. The van der Waals surface area contributed by atoms with E-state index in [0.717, 1.165) is 5.69 Å². The molecule has 1 fully saturated rings. The van der Waals surface area contributed by atoms with Crippen molar-refractivity contribution in [1.82, 2.24) is 0 Å². The Morgan fingerprint density at radius 2 is 1.83 bits per heavy atom. The number of carboxylic acid groups (broad SMARTS) is 1. The molecule has 0 unspecified atom stereocenters. The predicted molar refractivity (Wildman–Crippen MR) is 86.1 cm³/mol. The summed E-state index contributed by atoms with van der Waals surface area (Å²) in [5, 5.41) is 11.4. The van der Waals surface area contributed by atoms with Crippen molar-refractivity contribution >= 4 is 29.2 Å². The Hall–Kier alpha value is -2.57. The molecule has 124 valence electrons. The summed E-state index contributed by atoms with van der Waals surface area (Å²) in [4.78, 5) is 35.7. The highest BCUT2D eigenvalue weighted by Crippen LogP contribution is 2.29. The van der Waals surface area contributed by atoms with E-state index in [1.165, 1.54) is 0 Å². The monoisotopic (exact) mass is 319 g/mol. The van der Waals surface area contributed by atoms with Crippen LogP contribution in [-0.2, 0) is 14.4 Å². The molecule has 0 aliphatic carbocycles. The van der Waals surface area contributed by atoms with Crippen molar-refractivity contribution in [3.63, 3.8) is 0 Å². The molecule has 1 aromatic carbocycles. The number of primary amides is 1. The quantitative estimate of drug-likeness (QED) is 0.729. The Morgan fingerprint density at radius 3 is 2.43 bits per heavy atom. The molecule has 1 aromatic rings. The van der Waals surface area contributed by atoms with Gasteiger partial charge < -0.3 is 21.1 Å². The van der Waals surface area contributed by atoms with Crippen LogP contribution in [-0.4, -0.2) is 36.0 Å². The summed E-state index contributed by atoms with van der Waals surface area (Å²) in [5.41, 5.74) is 6.87. The van der Waals surface area contributed by atoms with Crippen LogP contribution in [0.4, 0.5) is 11.4 Å². The molecule has 1 aliphatic heterocycles. The second kappa shape index (κ2) is 7.62. The molecule has 0 radical (unpaired) electrons. The molecule has 0 spiro atoms. The van der Waals surface area contributed by atoms with Gasteiger partial charge in [-0.1, -0.05) is 12.1 Å². The second-order valence-electron chi connectivity index (χ2n) is 5.62. The number of rotatable bonds is 6. The fourth-order valence-electron chi connectivity index (χ4n) is 2.69. The van der Waals surface area contributed by atoms with Gasteiger partial charge in [-0.3, -0.25) is 14.4 Å². The van der Waals surface area contributed by atoms with Gasteiger partial charge in [0, 0.05) is 25.4 Å². The van der Waals surface area contributed by atoms with Crippen molar-refractivity contribution in [3.05, 3.63) is 24.3 Å². The Kier molecular flexibility index (Phi) is 5.56. The summed E-state index contributed by atoms with van der Waals surface area (Å²) >= 11 is 0. The van der Waals surface area contributed by atoms with Gasteiger partial charge in [-0.05, 0) is 25.0 Å². The lowest BCUT2D eigenvalue weighted by Gasteiger charge is -2.33. The van der Waals surface area contributed by atoms with Gasteiger partial charge >= 0.3 is 5.97 Å². The van der Waals surface area contributed by atoms with Crippen LogP contribution < -0.4 is 16.0 Å². The molecule has 23 heavy (non-hydrogen) atoms. The van der Waals surface area contributed by atoms with E-state index in [0.29, 0.717) is 31.6 Å². The van der Waals surface area contributed by atoms with Crippen LogP contribution in [0.15, 0.2) is 24.3 Å². The van der Waals surface area contributed by atoms with Crippen LogP contribution in [0.25, 0.3) is 0 Å². The number of carbonyl (C=O) groups is 3. The maximum atomic E-state index is 11.8. The second-order valence-corrected chi connectivity index (χ2v) is 5.62. The molecule has 0 aromatic heterocycles. The van der Waals surface area contributed by atoms with Crippen LogP contribution >= 0.6 is 0 Å². The molecule has 4 N–H and O–H groups in total. The number of aliphatic carboxylic acids is 1. The lowest BCUT2D eigenvalue weighted by Crippen LogP contribution is -2.38. The Labute approximate surface area is 134 Å². The first-order valence-electron chi connectivity index (χ1n) is 7.62. The average Bonchev–Trinajstić information content (AvgIpc) is 2.53. The van der Waals surface area contributed by atoms with E-state index in [4.69, 9.17) is 10.8 Å². The Balaban J connectivity index is 2.02. The largest absolute Gasteiger partial charge is 0.481 e. The summed E-state index contributed by atoms with van der Waals surface area (Å²) < 4.78 is 0. The molecule has 2 amide bonds. The van der Waals surface area contributed by atoms with Crippen molar-refractivity contribution in [1.29, 1.82) is 0 Å². The smallest absolute Gasteiger partial charge is 0.303 e. The molecule has 0 bridgehead atoms. The number of benzene rings is 1. The molecular weight excluding hydrogens is 298 g/mol. The standard InChI is InChI=1S/C16H21N3O4/c17-16(23)11-7-9-19(10-8-11)13-4-2-1-3-12(13)18-14(20)5-6-15(21)22/h1-4,11H,5-10H2,(H2,17,23)(H,18,20)(H,21,22). The van der Waals surface area contributed by atoms with Crippen molar-refractivity contribution in [2.24, 2.45) is 11.7 Å². The minimum Gasteiger partial charge on any atom is -0.481 e. The summed E-state index contributed by atoms with van der Waals surface area (Å²) in [6.45, 7) is 1.38. The zero-order chi connectivity index (χ0) is 16.8. The zero-order valence-corrected chi connectivity index (χ0v) is 12.8. The van der Waals surface area contributed by atoms with E-state index in [1.54, 1.807) is 6.07 Å². The molecule has 1 aliphatic rings. The van der Waals surface area contributed by atoms with Gasteiger partial charge in [-0.25, -0.2) is 0 Å². The first kappa shape index (κ1) is 16.8. The summed E-state index contributed by atoms with van der Waals surface area (Å²) in [6.07, 6.45) is 1.12. The Morgan fingerprint density at radius 1 is 1.17 bits per heavy atom. The number of amides is 2. The molecule has 0 atom stereocenters. The summed E-state index contributed by atoms with van der Waals surface area (Å²) in [6, 6.07) is 7.38. The first-order valence-corrected chi connectivity index (χ1v) is 7.62. The molecule has 2 rings (SSSR count). The third-order valence-corrected chi connectivity index (χ3v) is 3.98. The minimum absolute atomic E-state index is 0.0621. The number of nitrogens with one attached hydrogen (secondary N) is 1. The molecular formula is C16H21N3O4. The topological polar surface area (TPSA) is 113 Å². The van der Waals surface area contributed by atoms with E-state index in [9.17, 15) is 14.4 Å². The number of carbonyl (C=O) groups excluding carboxylic acids is 2. The minimum atomic E-state index is -0.998. The highest BCUT2D eigenvalue weighted by Gasteiger charge is 2.24. The molecule has 1 saturated heterocycles. The number of anilines is 2. The fraction of sp³-hybridized carbons (Fsp3) is 0.438. The fourth-order valence-corrected chi connectivity index (χ4v) is 2.69. The molecule has 1 heterocycles. The van der Waals surface area contributed by atoms with E-state index in [1.807, 2.05) is 18.2 Å². The van der Waals surface area contributed by atoms with Crippen molar-refractivity contribution in [2.75, 3.05) is 23.3 Å². The van der Waals surface area contributed by atoms with Crippen LogP contribution in [0.2, 0.25) is 0 Å². The SMILES string of the molecule is NC(=O)C1CCN(c2ccccc2NC(=O)CCC(=O)O)CC1. The van der Waals surface area contributed by atoms with Crippen LogP contribution in [0.1, 0.15) is 25.7 Å². The number of para-hydroxylation sites is 2. The van der Waals surface area contributed by atoms with Crippen LogP contribution in [0, 0.1) is 5.92 Å². The van der Waals surface area contributed by atoms with Gasteiger partial charge in [0.25, 0.3) is 0 Å². The van der Waals surface area contributed by atoms with Gasteiger partial charge in [-0.15, -0.1) is 0 Å². The highest BCUT2D eigenvalue weighted by atomic mass is 16.4. The maximum absolute atomic E-state index is 11.8. The Bertz CT molecular complexity index is 595. The molecule has 7 nitrogen and oxygen atoms in total. The maximum Gasteiger partial charge on any atom is 0.303 e. The lowest BCUT2D eigenvalue weighted by atomic mass is 9.96. The summed E-state index contributed by atoms with van der Waals surface area (Å²) in [7, 11) is 0. The summed E-state index contributed by atoms with van der Waals surface area (Å²) in [5.74, 6) is -1.68. The van der Waals surface area contributed by atoms with E-state index >= 15 is 0 Å². The third-order valence-electron chi connectivity index (χ3n) is 3.98. The number of carboxylic acids is 1. The number of piperidine rings is 1. The van der Waals surface area contributed by atoms with Crippen molar-refractivity contribution in [3.8, 4) is 0 Å². The first-order chi connectivity index (χ1) is 11.0. The van der Waals surface area contributed by atoms with Gasteiger partial charge in [0.05, 0.1) is 17.8 Å². The number of nitrogens with zero attached hydrogens (tertiary/aromatic N) is 1. The zero-order valence-electron chi connectivity index (χ0n) is 12.8. The number of hydrogen-bond donors (Lipinski definition) is 3. The van der Waals surface area contributed by atoms with E-state index < -0.39 is 5.97 Å². The van der Waals surface area contributed by atoms with E-state index in [2.05, 4.69) is 10.2 Å². The molecule has 0 saturated carbocycles. The van der Waals surface area contributed by atoms with Gasteiger partial charge in [0.15, 0.2) is 0 Å². The van der Waals surface area contributed by atoms with Gasteiger partial charge in [-0.2, -0.15) is 0 Å². The lowest BCUT2D eigenvalue weighted by molar-refractivity contribution is -0.138. The normalized spacial score (nSPS) is 15.2. The van der Waals surface area contributed by atoms with Gasteiger partial charge in [0.2, 0.25) is 11.8 Å². The highest BCUT2D eigenvalue weighted by molar-refractivity contribution is 5.95. The predicted octanol–water partition coefficient (Wildman–Crippen LogP) is 1.19. The third kappa shape index (κ3) is 4.70. The van der Waals surface area contributed by atoms with Gasteiger partial charge in [0.1, 0.15) is 0 Å². The van der Waals surface area contributed by atoms with Crippen LogP contribution in [0.5, 0.6) is 0 Å². The number of nitrogens with two attached hydrogens (primary N) is 1. The van der Waals surface area contributed by atoms with Crippen molar-refractivity contribution in [2.45, 2.75) is 25.7 Å². The van der Waals surface area contributed by atoms with Crippen molar-refractivity contribution < 1.29 is 19.5 Å².